The molecule has 0 amide bonds. The first kappa shape index (κ1) is 15.4. The lowest BCUT2D eigenvalue weighted by Gasteiger charge is -2.28. The van der Waals surface area contributed by atoms with Crippen LogP contribution in [-0.2, 0) is 6.42 Å². The molecule has 0 radical (unpaired) electrons. The Morgan fingerprint density at radius 3 is 2.77 bits per heavy atom. The highest BCUT2D eigenvalue weighted by molar-refractivity contribution is 5.87. The second-order valence-corrected chi connectivity index (χ2v) is 6.66. The molecular weight excluding hydrogens is 275 g/mol. The summed E-state index contributed by atoms with van der Waals surface area (Å²) in [6, 6.07) is 8.53. The van der Waals surface area contributed by atoms with Crippen LogP contribution in [0.1, 0.15) is 43.9 Å². The number of likely N-dealkylation sites (tertiary alicyclic amines) is 1. The van der Waals surface area contributed by atoms with E-state index in [4.69, 9.17) is 4.98 Å². The highest BCUT2D eigenvalue weighted by Gasteiger charge is 2.19. The van der Waals surface area contributed by atoms with E-state index in [1.54, 1.807) is 0 Å². The number of benzene rings is 1. The van der Waals surface area contributed by atoms with Crippen molar-refractivity contribution in [1.82, 2.24) is 9.88 Å². The van der Waals surface area contributed by atoms with E-state index >= 15 is 0 Å². The van der Waals surface area contributed by atoms with Crippen molar-refractivity contribution in [2.75, 3.05) is 19.6 Å². The monoisotopic (exact) mass is 300 g/mol. The van der Waals surface area contributed by atoms with Crippen LogP contribution in [0.25, 0.3) is 10.8 Å². The zero-order valence-electron chi connectivity index (χ0n) is 13.6. The van der Waals surface area contributed by atoms with Gasteiger partial charge in [0.25, 0.3) is 0 Å². The first-order chi connectivity index (χ1) is 10.6. The summed E-state index contributed by atoms with van der Waals surface area (Å²) >= 11 is 0. The Morgan fingerprint density at radius 1 is 1.27 bits per heavy atom. The maximum atomic E-state index is 13.5. The van der Waals surface area contributed by atoms with E-state index < -0.39 is 6.17 Å². The minimum Gasteiger partial charge on any atom is -0.300 e. The third-order valence-corrected chi connectivity index (χ3v) is 4.60. The average Bonchev–Trinajstić information content (AvgIpc) is 2.52. The molecule has 0 spiro atoms. The summed E-state index contributed by atoms with van der Waals surface area (Å²) < 4.78 is 13.5. The summed E-state index contributed by atoms with van der Waals surface area (Å²) in [6.07, 6.45) is 4.02. The van der Waals surface area contributed by atoms with Crippen molar-refractivity contribution in [2.24, 2.45) is 0 Å². The summed E-state index contributed by atoms with van der Waals surface area (Å²) in [5.41, 5.74) is 2.45. The molecule has 2 aromatic rings. The van der Waals surface area contributed by atoms with E-state index in [2.05, 4.69) is 43.0 Å². The van der Waals surface area contributed by atoms with Gasteiger partial charge in [-0.2, -0.15) is 0 Å². The molecule has 0 saturated carbocycles. The van der Waals surface area contributed by atoms with E-state index in [0.717, 1.165) is 32.4 Å². The van der Waals surface area contributed by atoms with Gasteiger partial charge >= 0.3 is 0 Å². The Labute approximate surface area is 132 Å². The van der Waals surface area contributed by atoms with Crippen molar-refractivity contribution in [3.8, 4) is 0 Å². The number of pyridine rings is 1. The maximum Gasteiger partial charge on any atom is 0.113 e. The van der Waals surface area contributed by atoms with Crippen LogP contribution in [0.3, 0.4) is 0 Å². The van der Waals surface area contributed by atoms with Gasteiger partial charge in [-0.1, -0.05) is 38.1 Å². The number of piperidine rings is 1. The highest BCUT2D eigenvalue weighted by Crippen LogP contribution is 2.26. The SMILES string of the molecule is CC(C)c1ncc(CCN2CCCC(F)C2)c2ccccc12. The number of hydrogen-bond donors (Lipinski definition) is 0. The number of fused-ring (bicyclic) bond motifs is 1. The van der Waals surface area contributed by atoms with Crippen molar-refractivity contribution < 1.29 is 4.39 Å². The fourth-order valence-electron chi connectivity index (χ4n) is 3.41. The van der Waals surface area contributed by atoms with E-state index in [1.165, 1.54) is 22.0 Å². The van der Waals surface area contributed by atoms with Crippen molar-refractivity contribution in [3.63, 3.8) is 0 Å². The fourth-order valence-corrected chi connectivity index (χ4v) is 3.41. The van der Waals surface area contributed by atoms with Crippen LogP contribution in [0.15, 0.2) is 30.5 Å². The van der Waals surface area contributed by atoms with Gasteiger partial charge in [0.2, 0.25) is 0 Å². The number of aromatic nitrogens is 1. The van der Waals surface area contributed by atoms with Gasteiger partial charge in [-0.3, -0.25) is 4.98 Å². The fraction of sp³-hybridized carbons (Fsp3) is 0.526. The minimum absolute atomic E-state index is 0.424. The molecule has 1 saturated heterocycles. The maximum absolute atomic E-state index is 13.5. The van der Waals surface area contributed by atoms with Gasteiger partial charge < -0.3 is 4.90 Å². The predicted octanol–water partition coefficient (Wildman–Crippen LogP) is 4.33. The van der Waals surface area contributed by atoms with Crippen molar-refractivity contribution in [3.05, 3.63) is 41.7 Å². The first-order valence-electron chi connectivity index (χ1n) is 8.38. The minimum atomic E-state index is -0.646. The van der Waals surface area contributed by atoms with E-state index in [9.17, 15) is 4.39 Å². The zero-order chi connectivity index (χ0) is 15.5. The van der Waals surface area contributed by atoms with Gasteiger partial charge in [-0.15, -0.1) is 0 Å². The van der Waals surface area contributed by atoms with Crippen LogP contribution >= 0.6 is 0 Å². The van der Waals surface area contributed by atoms with Gasteiger partial charge in [0, 0.05) is 24.7 Å². The van der Waals surface area contributed by atoms with Crippen LogP contribution in [0.4, 0.5) is 4.39 Å². The lowest BCUT2D eigenvalue weighted by atomic mass is 9.98. The second kappa shape index (κ2) is 6.74. The van der Waals surface area contributed by atoms with E-state index in [-0.39, 0.29) is 0 Å². The predicted molar refractivity (Wildman–Crippen MR) is 90.1 cm³/mol. The number of alkyl halides is 1. The third kappa shape index (κ3) is 3.30. The molecule has 2 heterocycles. The quantitative estimate of drug-likeness (QED) is 0.835. The standard InChI is InChI=1S/C19H25FN2/c1-14(2)19-18-8-4-3-7-17(18)15(12-21-19)9-11-22-10-5-6-16(20)13-22/h3-4,7-8,12,14,16H,5-6,9-11,13H2,1-2H3. The topological polar surface area (TPSA) is 16.1 Å². The van der Waals surface area contributed by atoms with Crippen molar-refractivity contribution in [1.29, 1.82) is 0 Å². The Kier molecular flexibility index (Phi) is 4.72. The Morgan fingerprint density at radius 2 is 2.05 bits per heavy atom. The number of halogens is 1. The number of rotatable bonds is 4. The van der Waals surface area contributed by atoms with Crippen molar-refractivity contribution >= 4 is 10.8 Å². The highest BCUT2D eigenvalue weighted by atomic mass is 19.1. The number of hydrogen-bond acceptors (Lipinski definition) is 2. The van der Waals surface area contributed by atoms with Crippen LogP contribution in [0, 0.1) is 0 Å². The third-order valence-electron chi connectivity index (χ3n) is 4.60. The van der Waals surface area contributed by atoms with Crippen LogP contribution < -0.4 is 0 Å². The van der Waals surface area contributed by atoms with E-state index in [0.29, 0.717) is 12.5 Å². The van der Waals surface area contributed by atoms with Gasteiger partial charge in [0.1, 0.15) is 6.17 Å². The summed E-state index contributed by atoms with van der Waals surface area (Å²) in [5, 5.41) is 2.56. The molecule has 0 aliphatic carbocycles. The Hall–Kier alpha value is -1.48. The molecule has 3 heteroatoms. The second-order valence-electron chi connectivity index (χ2n) is 6.66. The summed E-state index contributed by atoms with van der Waals surface area (Å²) in [4.78, 5) is 6.94. The molecule has 118 valence electrons. The molecule has 1 atom stereocenters. The zero-order valence-corrected chi connectivity index (χ0v) is 13.6. The molecule has 1 aliphatic rings. The summed E-state index contributed by atoms with van der Waals surface area (Å²) in [7, 11) is 0. The van der Waals surface area contributed by atoms with Gasteiger partial charge in [0.05, 0.1) is 5.69 Å². The smallest absolute Gasteiger partial charge is 0.113 e. The molecule has 1 aromatic carbocycles. The van der Waals surface area contributed by atoms with Gasteiger partial charge in [-0.05, 0) is 42.7 Å². The lowest BCUT2D eigenvalue weighted by molar-refractivity contribution is 0.140. The molecule has 1 unspecified atom stereocenters. The molecule has 0 N–H and O–H groups in total. The molecule has 22 heavy (non-hydrogen) atoms. The average molecular weight is 300 g/mol. The molecule has 1 aromatic heterocycles. The van der Waals surface area contributed by atoms with Crippen molar-refractivity contribution in [2.45, 2.75) is 45.2 Å². The Bertz CT molecular complexity index is 638. The van der Waals surface area contributed by atoms with Crippen LogP contribution in [-0.4, -0.2) is 35.7 Å². The van der Waals surface area contributed by atoms with Gasteiger partial charge in [0.15, 0.2) is 0 Å². The normalized spacial score (nSPS) is 19.9. The molecule has 1 fully saturated rings. The Balaban J connectivity index is 1.81. The van der Waals surface area contributed by atoms with Crippen LogP contribution in [0.2, 0.25) is 0 Å². The van der Waals surface area contributed by atoms with Gasteiger partial charge in [-0.25, -0.2) is 4.39 Å². The summed E-state index contributed by atoms with van der Waals surface area (Å²) in [6.45, 7) is 6.91. The first-order valence-corrected chi connectivity index (χ1v) is 8.38. The molecular formula is C19H25FN2. The largest absolute Gasteiger partial charge is 0.300 e. The molecule has 3 rings (SSSR count). The molecule has 0 bridgehead atoms. The van der Waals surface area contributed by atoms with Crippen LogP contribution in [0.5, 0.6) is 0 Å². The van der Waals surface area contributed by atoms with E-state index in [1.807, 2.05) is 6.20 Å². The molecule has 2 nitrogen and oxygen atoms in total. The number of nitrogens with zero attached hydrogens (tertiary/aromatic N) is 2. The summed E-state index contributed by atoms with van der Waals surface area (Å²) in [5.74, 6) is 0.424. The lowest BCUT2D eigenvalue weighted by Crippen LogP contribution is -2.37. The molecule has 1 aliphatic heterocycles.